The largest absolute Gasteiger partial charge is 0.505 e. The highest BCUT2D eigenvalue weighted by Crippen LogP contribution is 2.38. The lowest BCUT2D eigenvalue weighted by Gasteiger charge is -2.19. The number of H-pyrrole nitrogens is 3. The van der Waals surface area contributed by atoms with Crippen LogP contribution in [-0.4, -0.2) is 127 Å². The van der Waals surface area contributed by atoms with Gasteiger partial charge in [-0.05, 0) is 204 Å². The summed E-state index contributed by atoms with van der Waals surface area (Å²) < 4.78 is 101. The summed E-state index contributed by atoms with van der Waals surface area (Å²) in [6.45, 7) is 10.4. The minimum absolute atomic E-state index is 0.0322. The number of aromatic nitrogens is 10. The van der Waals surface area contributed by atoms with Gasteiger partial charge in [0, 0.05) is 147 Å². The van der Waals surface area contributed by atoms with Gasteiger partial charge < -0.3 is 48.8 Å². The van der Waals surface area contributed by atoms with Crippen LogP contribution in [0.25, 0.3) is 86.5 Å². The number of methoxy groups -OCH3 is 3. The topological polar surface area (TPSA) is 311 Å². The number of thiophene rings is 3. The van der Waals surface area contributed by atoms with Crippen molar-refractivity contribution in [1.82, 2.24) is 49.0 Å². The fraction of sp³-hybridized carbons (Fsp3) is 0.126. The molecule has 0 aliphatic heterocycles. The fourth-order valence-electron chi connectivity index (χ4n) is 13.5. The molecule has 33 heteroatoms. The molecule has 13 heterocycles. The lowest BCUT2D eigenvalue weighted by Crippen LogP contribution is -2.27. The number of aromatic amines is 3. The van der Waals surface area contributed by atoms with Gasteiger partial charge in [-0.2, -0.15) is 0 Å². The third-order valence-electron chi connectivity index (χ3n) is 19.4. The summed E-state index contributed by atoms with van der Waals surface area (Å²) in [6.07, 6.45) is 14.9. The van der Waals surface area contributed by atoms with E-state index in [4.69, 9.17) is 23.7 Å². The molecule has 0 unspecified atom stereocenters. The number of hydrogen-bond donors (Lipinski definition) is 5. The van der Waals surface area contributed by atoms with E-state index in [1.54, 1.807) is 119 Å². The van der Waals surface area contributed by atoms with Crippen molar-refractivity contribution in [3.63, 3.8) is 0 Å². The first kappa shape index (κ1) is 90.1. The molecule has 0 saturated heterocycles. The third kappa shape index (κ3) is 19.6. The summed E-state index contributed by atoms with van der Waals surface area (Å²) in [5.41, 5.74) is 5.51. The maximum atomic E-state index is 14.8. The summed E-state index contributed by atoms with van der Waals surface area (Å²) in [5, 5.41) is 28.0. The number of benzene rings is 5. The number of ketones is 4. The van der Waals surface area contributed by atoms with E-state index >= 15 is 0 Å². The smallest absolute Gasteiger partial charge is 0.420 e. The van der Waals surface area contributed by atoms with Gasteiger partial charge in [-0.1, -0.05) is 54.6 Å². The van der Waals surface area contributed by atoms with Crippen LogP contribution in [-0.2, 0) is 15.9 Å². The maximum absolute atomic E-state index is 14.8. The second kappa shape index (κ2) is 38.4. The van der Waals surface area contributed by atoms with Gasteiger partial charge in [-0.3, -0.25) is 19.2 Å². The third-order valence-corrected chi connectivity index (χ3v) is 23.0. The first-order chi connectivity index (χ1) is 61.3. The monoisotopic (exact) mass is 1910 g/mol. The molecule has 5 N–H and O–H groups in total. The number of halogens is 7. The number of pyridine rings is 5. The first-order valence-electron chi connectivity index (χ1n) is 38.7. The molecule has 18 rings (SSSR count). The Morgan fingerprint density at radius 2 is 0.727 bits per heavy atom. The summed E-state index contributed by atoms with van der Waals surface area (Å²) >= 11 is 11.4. The Kier molecular flexibility index (Phi) is 27.0. The molecule has 13 aromatic heterocycles. The standard InChI is InChI=1S/C24H21FN2O4S.C20H18BrFN2O4.C18H11FN2O2S.C18H13FN2OS.C15H10BrFN2O2/c1-24(2,3)31-23(29)27-13-17(21(28)15-7-5-8-18(30-4)20(15)25)16-11-14(12-26-22(16)27)19-9-6-10-32-19;1-20(2,3)28-19(26)24-10-14(13-8-11(21)9-23-18(13)24)17(25)12-6-5-7-15(27-4)16(12)22;19-16-11(3-1-4-14(16)22)17(23)13-9-21-18-12(13)7-10(8-20-18)15-5-2-6-24-15;19-17-11(3-1-4-15(17)22)7-12-9-20-18-14(12)8-13(10-21-18)16-5-2-6-23-16;1-21-12-4-2-3-9(13(12)17)14(20)11-7-19-15-10(11)5-8(16)6-18-15/h5-13H,1-4H3;5-10H,1-4H3;1-9,22H,(H,20,21);1-6,8-10,22H,7H2,(H,20,21);2-7H,1H3,(H,18,19). The van der Waals surface area contributed by atoms with Gasteiger partial charge in [0.25, 0.3) is 0 Å². The van der Waals surface area contributed by atoms with Gasteiger partial charge in [-0.25, -0.2) is 65.6 Å². The molecule has 0 radical (unpaired) electrons. The Balaban J connectivity index is 0.000000130. The molecule has 5 aromatic carbocycles. The average Bonchev–Trinajstić information content (AvgIpc) is 1.61. The van der Waals surface area contributed by atoms with E-state index in [0.717, 1.165) is 57.0 Å². The van der Waals surface area contributed by atoms with E-state index in [1.165, 1.54) is 141 Å². The zero-order chi connectivity index (χ0) is 91.2. The molecule has 18 aromatic rings. The van der Waals surface area contributed by atoms with Crippen molar-refractivity contribution in [2.45, 2.75) is 59.2 Å². The van der Waals surface area contributed by atoms with Crippen molar-refractivity contribution in [3.8, 4) is 60.1 Å². The SMILES string of the molecule is COc1cccc(C(=O)c2c[nH]c3ncc(Br)cc23)c1F.COc1cccc(C(=O)c2cn(C(=O)OC(C)(C)C)c3ncc(-c4cccs4)cc23)c1F.COc1cccc(C(=O)c2cn(C(=O)OC(C)(C)C)c3ncc(Br)cc23)c1F.O=C(c1cccc(O)c1F)c1c[nH]c2ncc(-c3cccs3)cc12.Oc1cccc(Cc2c[nH]c3ncc(-c4cccs4)cc23)c1F. The molecule has 0 fully saturated rings. The molecule has 0 amide bonds. The number of nitrogens with one attached hydrogen (secondary N) is 3. The molecular formula is C95H73Br2F5N10O13S3. The van der Waals surface area contributed by atoms with Crippen LogP contribution in [0, 0.1) is 29.1 Å². The summed E-state index contributed by atoms with van der Waals surface area (Å²) in [5.74, 6) is -6.68. The zero-order valence-electron chi connectivity index (χ0n) is 69.1. The number of rotatable bonds is 16. The predicted octanol–water partition coefficient (Wildman–Crippen LogP) is 23.7. The normalized spacial score (nSPS) is 11.2. The van der Waals surface area contributed by atoms with E-state index in [1.807, 2.05) is 64.9 Å². The van der Waals surface area contributed by atoms with Crippen LogP contribution in [0.2, 0.25) is 0 Å². The van der Waals surface area contributed by atoms with E-state index in [-0.39, 0.29) is 67.7 Å². The van der Waals surface area contributed by atoms with Crippen LogP contribution >= 0.6 is 65.9 Å². The van der Waals surface area contributed by atoms with Crippen LogP contribution in [0.5, 0.6) is 28.7 Å². The maximum Gasteiger partial charge on any atom is 0.420 e. The predicted molar refractivity (Wildman–Crippen MR) is 488 cm³/mol. The van der Waals surface area contributed by atoms with Gasteiger partial charge >= 0.3 is 12.2 Å². The molecule has 0 aliphatic carbocycles. The summed E-state index contributed by atoms with van der Waals surface area (Å²) in [4.78, 5) is 111. The van der Waals surface area contributed by atoms with E-state index in [2.05, 4.69) is 83.9 Å². The number of phenolic OH excluding ortho intramolecular Hbond substituents is 2. The summed E-state index contributed by atoms with van der Waals surface area (Å²) in [6, 6.07) is 42.8. The molecular weight excluding hydrogens is 1840 g/mol. The number of aromatic hydroxyl groups is 2. The quantitative estimate of drug-likeness (QED) is 0.0443. The van der Waals surface area contributed by atoms with Crippen LogP contribution in [0.3, 0.4) is 0 Å². The van der Waals surface area contributed by atoms with Crippen LogP contribution in [0.1, 0.15) is 116 Å². The average molecular weight is 1910 g/mol. The van der Waals surface area contributed by atoms with Gasteiger partial charge in [-0.15, -0.1) is 34.0 Å². The highest BCUT2D eigenvalue weighted by molar-refractivity contribution is 9.10. The van der Waals surface area contributed by atoms with Crippen molar-refractivity contribution in [2.75, 3.05) is 21.3 Å². The zero-order valence-corrected chi connectivity index (χ0v) is 74.7. The fourth-order valence-corrected chi connectivity index (χ4v) is 16.2. The number of fused-ring (bicyclic) bond motifs is 5. The first-order valence-corrected chi connectivity index (χ1v) is 42.9. The van der Waals surface area contributed by atoms with E-state index in [0.29, 0.717) is 60.4 Å². The Labute approximate surface area is 754 Å². The van der Waals surface area contributed by atoms with Gasteiger partial charge in [0.05, 0.1) is 54.7 Å². The Bertz CT molecular complexity index is 7260. The van der Waals surface area contributed by atoms with Gasteiger partial charge in [0.1, 0.15) is 39.4 Å². The number of carbonyl (C=O) groups is 6. The summed E-state index contributed by atoms with van der Waals surface area (Å²) in [7, 11) is 4.01. The lowest BCUT2D eigenvalue weighted by molar-refractivity contribution is 0.0532. The highest BCUT2D eigenvalue weighted by atomic mass is 79.9. The number of ether oxygens (including phenoxy) is 5. The molecule has 0 saturated carbocycles. The minimum Gasteiger partial charge on any atom is -0.505 e. The highest BCUT2D eigenvalue weighted by Gasteiger charge is 2.31. The van der Waals surface area contributed by atoms with Crippen LogP contribution in [0.4, 0.5) is 31.5 Å². The van der Waals surface area contributed by atoms with Gasteiger partial charge in [0.15, 0.2) is 81.0 Å². The molecule has 0 bridgehead atoms. The number of nitrogens with zero attached hydrogens (tertiary/aromatic N) is 7. The van der Waals surface area contributed by atoms with Crippen LogP contribution in [0.15, 0.2) is 245 Å². The Morgan fingerprint density at radius 1 is 0.383 bits per heavy atom. The molecule has 23 nitrogen and oxygen atoms in total. The van der Waals surface area contributed by atoms with Crippen molar-refractivity contribution in [2.24, 2.45) is 0 Å². The Hall–Kier alpha value is -14.1. The Morgan fingerprint density at radius 3 is 1.16 bits per heavy atom. The molecule has 128 heavy (non-hydrogen) atoms. The molecule has 0 atom stereocenters. The van der Waals surface area contributed by atoms with Crippen molar-refractivity contribution >= 4 is 156 Å². The van der Waals surface area contributed by atoms with Crippen molar-refractivity contribution < 1.29 is 84.6 Å². The van der Waals surface area contributed by atoms with E-state index in [9.17, 15) is 60.9 Å². The lowest BCUT2D eigenvalue weighted by atomic mass is 10.0. The number of carbonyl (C=O) groups excluding carboxylic acids is 6. The minimum atomic E-state index is -0.917. The second-order valence-electron chi connectivity index (χ2n) is 30.2. The van der Waals surface area contributed by atoms with E-state index < -0.39 is 81.4 Å². The van der Waals surface area contributed by atoms with Crippen molar-refractivity contribution in [1.29, 1.82) is 0 Å². The van der Waals surface area contributed by atoms with Crippen molar-refractivity contribution in [3.05, 3.63) is 330 Å². The van der Waals surface area contributed by atoms with Gasteiger partial charge in [0.2, 0.25) is 0 Å². The number of phenols is 2. The van der Waals surface area contributed by atoms with Crippen LogP contribution < -0.4 is 14.2 Å². The second-order valence-corrected chi connectivity index (χ2v) is 34.9. The number of hydrogen-bond acceptors (Lipinski definition) is 21. The molecule has 0 aliphatic rings. The molecule has 648 valence electrons. The molecule has 0 spiro atoms.